The van der Waals surface area contributed by atoms with Gasteiger partial charge in [0.15, 0.2) is 11.4 Å². The minimum absolute atomic E-state index is 0.179. The van der Waals surface area contributed by atoms with Gasteiger partial charge in [0, 0.05) is 5.75 Å². The molecular formula is C10H12N2O3S. The van der Waals surface area contributed by atoms with E-state index in [1.165, 1.54) is 0 Å². The summed E-state index contributed by atoms with van der Waals surface area (Å²) in [4.78, 5) is 0. The minimum atomic E-state index is -0.990. The van der Waals surface area contributed by atoms with Crippen LogP contribution < -0.4 is 5.73 Å². The average molecular weight is 240 g/mol. The van der Waals surface area contributed by atoms with Crippen LogP contribution in [-0.2, 0) is 0 Å². The Kier molecular flexibility index (Phi) is 3.04. The summed E-state index contributed by atoms with van der Waals surface area (Å²) in [5.41, 5.74) is 6.70. The van der Waals surface area contributed by atoms with Crippen LogP contribution in [0.25, 0.3) is 11.0 Å². The van der Waals surface area contributed by atoms with Crippen molar-refractivity contribution >= 4 is 29.4 Å². The fraction of sp³-hybridized carbons (Fsp3) is 0.300. The maximum absolute atomic E-state index is 9.79. The van der Waals surface area contributed by atoms with E-state index in [0.717, 1.165) is 0 Å². The molecule has 16 heavy (non-hydrogen) atoms. The third kappa shape index (κ3) is 1.87. The second kappa shape index (κ2) is 4.32. The number of aliphatic hydroxyl groups excluding tert-OH is 2. The summed E-state index contributed by atoms with van der Waals surface area (Å²) < 4.78 is 4.94. The van der Waals surface area contributed by atoms with Crippen molar-refractivity contribution in [3.63, 3.8) is 0 Å². The molecule has 2 atom stereocenters. The molecule has 0 saturated carbocycles. The van der Waals surface area contributed by atoms with Crippen LogP contribution in [0, 0.1) is 0 Å². The summed E-state index contributed by atoms with van der Waals surface area (Å²) >= 11 is 3.92. The van der Waals surface area contributed by atoms with E-state index in [1.54, 1.807) is 18.2 Å². The molecule has 1 aromatic carbocycles. The summed E-state index contributed by atoms with van der Waals surface area (Å²) in [6, 6.07) is 4.96. The van der Waals surface area contributed by atoms with Crippen LogP contribution in [0.2, 0.25) is 0 Å². The van der Waals surface area contributed by atoms with Gasteiger partial charge >= 0.3 is 0 Å². The Labute approximate surface area is 97.3 Å². The standard InChI is InChI=1S/C10H12N2O3S/c11-10-6-3-5(9(14)7(13)4-16)1-2-8(6)15-12-10/h1-3,7,9,13-14,16H,4H2,(H2,11,12). The van der Waals surface area contributed by atoms with E-state index in [1.807, 2.05) is 0 Å². The molecule has 0 amide bonds. The zero-order chi connectivity index (χ0) is 11.7. The number of benzene rings is 1. The van der Waals surface area contributed by atoms with Gasteiger partial charge < -0.3 is 20.5 Å². The van der Waals surface area contributed by atoms with Crippen LogP contribution in [0.1, 0.15) is 11.7 Å². The molecule has 0 aliphatic rings. The number of hydrogen-bond donors (Lipinski definition) is 4. The molecule has 86 valence electrons. The Morgan fingerprint density at radius 1 is 1.44 bits per heavy atom. The third-order valence-electron chi connectivity index (χ3n) is 2.41. The fourth-order valence-corrected chi connectivity index (χ4v) is 1.68. The van der Waals surface area contributed by atoms with Gasteiger partial charge in [-0.2, -0.15) is 12.6 Å². The number of nitrogens with two attached hydrogens (primary N) is 1. The zero-order valence-corrected chi connectivity index (χ0v) is 9.26. The van der Waals surface area contributed by atoms with Crippen LogP contribution in [-0.4, -0.2) is 27.2 Å². The van der Waals surface area contributed by atoms with Gasteiger partial charge in [-0.1, -0.05) is 11.2 Å². The van der Waals surface area contributed by atoms with Gasteiger partial charge in [0.25, 0.3) is 0 Å². The molecular weight excluding hydrogens is 228 g/mol. The highest BCUT2D eigenvalue weighted by molar-refractivity contribution is 7.80. The third-order valence-corrected chi connectivity index (χ3v) is 2.79. The van der Waals surface area contributed by atoms with E-state index in [4.69, 9.17) is 10.3 Å². The molecule has 4 N–H and O–H groups in total. The number of hydrogen-bond acceptors (Lipinski definition) is 6. The van der Waals surface area contributed by atoms with Gasteiger partial charge in [0.2, 0.25) is 0 Å². The van der Waals surface area contributed by atoms with Gasteiger partial charge in [-0.05, 0) is 17.7 Å². The van der Waals surface area contributed by atoms with Crippen LogP contribution in [0.4, 0.5) is 5.82 Å². The van der Waals surface area contributed by atoms with Crippen molar-refractivity contribution in [1.29, 1.82) is 0 Å². The minimum Gasteiger partial charge on any atom is -0.389 e. The van der Waals surface area contributed by atoms with Gasteiger partial charge in [-0.3, -0.25) is 0 Å². The SMILES string of the molecule is Nc1noc2ccc(C(O)C(O)CS)cc12. The monoisotopic (exact) mass is 240 g/mol. The normalized spacial score (nSPS) is 15.2. The first-order valence-corrected chi connectivity index (χ1v) is 5.38. The maximum Gasteiger partial charge on any atom is 0.174 e. The van der Waals surface area contributed by atoms with Crippen molar-refractivity contribution in [3.05, 3.63) is 23.8 Å². The van der Waals surface area contributed by atoms with E-state index in [9.17, 15) is 10.2 Å². The fourth-order valence-electron chi connectivity index (χ4n) is 1.48. The summed E-state index contributed by atoms with van der Waals surface area (Å²) in [7, 11) is 0. The predicted molar refractivity (Wildman–Crippen MR) is 63.2 cm³/mol. The van der Waals surface area contributed by atoms with Crippen LogP contribution >= 0.6 is 12.6 Å². The Balaban J connectivity index is 2.41. The number of rotatable bonds is 3. The first kappa shape index (κ1) is 11.3. The quantitative estimate of drug-likeness (QED) is 0.594. The molecule has 2 unspecified atom stereocenters. The summed E-state index contributed by atoms with van der Waals surface area (Å²) in [5.74, 6) is 0.447. The van der Waals surface area contributed by atoms with Crippen molar-refractivity contribution in [2.75, 3.05) is 11.5 Å². The maximum atomic E-state index is 9.79. The highest BCUT2D eigenvalue weighted by Gasteiger charge is 2.18. The lowest BCUT2D eigenvalue weighted by atomic mass is 10.0. The number of aliphatic hydroxyl groups is 2. The number of aromatic nitrogens is 1. The Morgan fingerprint density at radius 3 is 2.88 bits per heavy atom. The van der Waals surface area contributed by atoms with Gasteiger partial charge in [0.1, 0.15) is 6.10 Å². The van der Waals surface area contributed by atoms with Crippen molar-refractivity contribution in [2.24, 2.45) is 0 Å². The van der Waals surface area contributed by atoms with Crippen molar-refractivity contribution in [2.45, 2.75) is 12.2 Å². The van der Waals surface area contributed by atoms with Crippen LogP contribution in [0.3, 0.4) is 0 Å². The second-order valence-electron chi connectivity index (χ2n) is 3.52. The van der Waals surface area contributed by atoms with Crippen LogP contribution in [0.5, 0.6) is 0 Å². The Bertz CT molecular complexity index is 500. The largest absolute Gasteiger partial charge is 0.389 e. The molecule has 0 aliphatic carbocycles. The first-order valence-electron chi connectivity index (χ1n) is 4.75. The summed E-state index contributed by atoms with van der Waals surface area (Å²) in [5, 5.41) is 23.5. The van der Waals surface area contributed by atoms with Gasteiger partial charge in [-0.25, -0.2) is 0 Å². The molecule has 0 aliphatic heterocycles. The molecule has 6 heteroatoms. The van der Waals surface area contributed by atoms with E-state index in [2.05, 4.69) is 17.8 Å². The van der Waals surface area contributed by atoms with Crippen molar-refractivity contribution < 1.29 is 14.7 Å². The molecule has 2 aromatic rings. The van der Waals surface area contributed by atoms with Crippen LogP contribution in [0.15, 0.2) is 22.7 Å². The van der Waals surface area contributed by atoms with E-state index < -0.39 is 12.2 Å². The number of thiol groups is 1. The molecule has 0 spiro atoms. The van der Waals surface area contributed by atoms with Crippen molar-refractivity contribution in [3.8, 4) is 0 Å². The Morgan fingerprint density at radius 2 is 2.19 bits per heavy atom. The zero-order valence-electron chi connectivity index (χ0n) is 8.37. The van der Waals surface area contributed by atoms with E-state index in [0.29, 0.717) is 16.5 Å². The van der Waals surface area contributed by atoms with E-state index in [-0.39, 0.29) is 11.6 Å². The smallest absolute Gasteiger partial charge is 0.174 e. The molecule has 1 heterocycles. The molecule has 0 fully saturated rings. The molecule has 0 saturated heterocycles. The van der Waals surface area contributed by atoms with E-state index >= 15 is 0 Å². The molecule has 0 bridgehead atoms. The molecule has 2 rings (SSSR count). The second-order valence-corrected chi connectivity index (χ2v) is 3.88. The lowest BCUT2D eigenvalue weighted by Crippen LogP contribution is -2.19. The highest BCUT2D eigenvalue weighted by atomic mass is 32.1. The molecule has 5 nitrogen and oxygen atoms in total. The number of nitrogen functional groups attached to an aromatic ring is 1. The summed E-state index contributed by atoms with van der Waals surface area (Å²) in [6.45, 7) is 0. The lowest BCUT2D eigenvalue weighted by molar-refractivity contribution is 0.0338. The molecule has 0 radical (unpaired) electrons. The average Bonchev–Trinajstić information content (AvgIpc) is 2.68. The summed E-state index contributed by atoms with van der Waals surface area (Å²) in [6.07, 6.45) is -1.90. The predicted octanol–water partition coefficient (Wildman–Crippen LogP) is 0.734. The lowest BCUT2D eigenvalue weighted by Gasteiger charge is -2.15. The topological polar surface area (TPSA) is 92.5 Å². The highest BCUT2D eigenvalue weighted by Crippen LogP contribution is 2.26. The number of fused-ring (bicyclic) bond motifs is 1. The van der Waals surface area contributed by atoms with Gasteiger partial charge in [0.05, 0.1) is 11.5 Å². The number of nitrogens with zero attached hydrogens (tertiary/aromatic N) is 1. The van der Waals surface area contributed by atoms with Gasteiger partial charge in [-0.15, -0.1) is 0 Å². The number of anilines is 1. The Hall–Kier alpha value is -1.24. The first-order chi connectivity index (χ1) is 7.63. The molecule has 1 aromatic heterocycles. The van der Waals surface area contributed by atoms with Crippen molar-refractivity contribution in [1.82, 2.24) is 5.16 Å².